The Morgan fingerprint density at radius 1 is 1.35 bits per heavy atom. The number of nitrogens with zero attached hydrogens (tertiary/aromatic N) is 2. The average Bonchev–Trinajstić information content (AvgIpc) is 3.11. The molecule has 1 aromatic carbocycles. The predicted octanol–water partition coefficient (Wildman–Crippen LogP) is 2.27. The summed E-state index contributed by atoms with van der Waals surface area (Å²) in [7, 11) is 1.46. The van der Waals surface area contributed by atoms with Crippen molar-refractivity contribution in [1.29, 1.82) is 0 Å². The van der Waals surface area contributed by atoms with Crippen LogP contribution in [-0.4, -0.2) is 48.4 Å². The van der Waals surface area contributed by atoms with Gasteiger partial charge in [0.05, 0.1) is 11.6 Å². The second-order valence-electron chi connectivity index (χ2n) is 6.95. The molecule has 1 N–H and O–H groups in total. The van der Waals surface area contributed by atoms with Gasteiger partial charge in [-0.25, -0.2) is 0 Å². The van der Waals surface area contributed by atoms with E-state index in [9.17, 15) is 22.8 Å². The number of likely N-dealkylation sites (N-methyl/N-ethyl adjacent to an activating group) is 1. The van der Waals surface area contributed by atoms with Gasteiger partial charge >= 0.3 is 6.18 Å². The summed E-state index contributed by atoms with van der Waals surface area (Å²) >= 11 is 0. The summed E-state index contributed by atoms with van der Waals surface area (Å²) in [6.45, 7) is 4.33. The molecule has 2 fully saturated rings. The monoisotopic (exact) mass is 369 g/mol. The Bertz CT molecular complexity index is 722. The van der Waals surface area contributed by atoms with Crippen LogP contribution in [-0.2, 0) is 15.8 Å². The van der Waals surface area contributed by atoms with Gasteiger partial charge in [0.2, 0.25) is 11.8 Å². The molecule has 2 unspecified atom stereocenters. The maximum Gasteiger partial charge on any atom is 0.416 e. The lowest BCUT2D eigenvalue weighted by Gasteiger charge is -2.35. The molecule has 2 amide bonds. The number of hydrogen-bond acceptors (Lipinski definition) is 3. The van der Waals surface area contributed by atoms with Gasteiger partial charge in [-0.3, -0.25) is 14.9 Å². The number of rotatable bonds is 3. The topological polar surface area (TPSA) is 52.7 Å². The number of anilines is 1. The third-order valence-electron chi connectivity index (χ3n) is 5.44. The van der Waals surface area contributed by atoms with Crippen LogP contribution in [0.25, 0.3) is 0 Å². The maximum absolute atomic E-state index is 12.9. The molecular weight excluding hydrogens is 347 g/mol. The van der Waals surface area contributed by atoms with Crippen LogP contribution < -0.4 is 10.2 Å². The molecule has 0 aromatic heterocycles. The lowest BCUT2D eigenvalue weighted by Crippen LogP contribution is -2.59. The van der Waals surface area contributed by atoms with E-state index in [1.165, 1.54) is 24.1 Å². The summed E-state index contributed by atoms with van der Waals surface area (Å²) < 4.78 is 38.8. The van der Waals surface area contributed by atoms with Crippen molar-refractivity contribution in [1.82, 2.24) is 10.2 Å². The Balaban J connectivity index is 1.82. The molecule has 0 radical (unpaired) electrons. The molecule has 4 atom stereocenters. The fourth-order valence-electron chi connectivity index (χ4n) is 3.95. The fourth-order valence-corrected chi connectivity index (χ4v) is 3.95. The predicted molar refractivity (Wildman–Crippen MR) is 90.5 cm³/mol. The highest BCUT2D eigenvalue weighted by Gasteiger charge is 2.54. The first-order valence-electron chi connectivity index (χ1n) is 8.65. The van der Waals surface area contributed by atoms with Gasteiger partial charge in [-0.05, 0) is 24.1 Å². The zero-order valence-electron chi connectivity index (χ0n) is 14.9. The van der Waals surface area contributed by atoms with E-state index < -0.39 is 17.8 Å². The molecule has 2 heterocycles. The van der Waals surface area contributed by atoms with Crippen LogP contribution in [0.2, 0.25) is 0 Å². The van der Waals surface area contributed by atoms with Gasteiger partial charge in [0, 0.05) is 31.7 Å². The number of carbonyl (C=O) groups excluding carboxylic acids is 2. The molecular formula is C18H22F3N3O2. The Morgan fingerprint density at radius 2 is 2.04 bits per heavy atom. The standard InChI is InChI=1S/C18H22F3N3O2/c1-4-14(25)24-9-13-10(2)16(24)15(22-13)17(26)23(3)12-7-5-6-11(8-12)18(19,20)21/h5-8,10,13,15-16,22H,4,9H2,1-3H3/t10-,13?,15-,16?/m1/s1. The lowest BCUT2D eigenvalue weighted by atomic mass is 9.99. The number of halogens is 3. The summed E-state index contributed by atoms with van der Waals surface area (Å²) in [5, 5.41) is 3.24. The van der Waals surface area contributed by atoms with E-state index >= 15 is 0 Å². The number of amides is 2. The molecule has 2 saturated heterocycles. The van der Waals surface area contributed by atoms with E-state index in [1.807, 2.05) is 6.92 Å². The van der Waals surface area contributed by atoms with E-state index in [-0.39, 0.29) is 35.5 Å². The number of fused-ring (bicyclic) bond motifs is 2. The normalized spacial score (nSPS) is 27.7. The molecule has 3 rings (SSSR count). The van der Waals surface area contributed by atoms with Gasteiger partial charge in [0.15, 0.2) is 0 Å². The number of likely N-dealkylation sites (tertiary alicyclic amines) is 1. The first-order chi connectivity index (χ1) is 12.1. The molecule has 0 spiro atoms. The van der Waals surface area contributed by atoms with Crippen molar-refractivity contribution in [2.75, 3.05) is 18.5 Å². The minimum Gasteiger partial charge on any atom is -0.336 e. The Kier molecular flexibility index (Phi) is 4.72. The van der Waals surface area contributed by atoms with E-state index in [1.54, 1.807) is 11.8 Å². The molecule has 26 heavy (non-hydrogen) atoms. The second kappa shape index (κ2) is 6.57. The van der Waals surface area contributed by atoms with Crippen LogP contribution in [0.15, 0.2) is 24.3 Å². The first-order valence-corrected chi connectivity index (χ1v) is 8.65. The van der Waals surface area contributed by atoms with Crippen molar-refractivity contribution < 1.29 is 22.8 Å². The summed E-state index contributed by atoms with van der Waals surface area (Å²) in [6, 6.07) is 3.83. The fraction of sp³-hybridized carbons (Fsp3) is 0.556. The molecule has 2 aliphatic heterocycles. The van der Waals surface area contributed by atoms with E-state index in [2.05, 4.69) is 5.32 Å². The highest BCUT2D eigenvalue weighted by atomic mass is 19.4. The highest BCUT2D eigenvalue weighted by Crippen LogP contribution is 2.36. The Hall–Kier alpha value is -2.09. The second-order valence-corrected chi connectivity index (χ2v) is 6.95. The van der Waals surface area contributed by atoms with Crippen molar-refractivity contribution in [2.45, 2.75) is 44.6 Å². The molecule has 5 nitrogen and oxygen atoms in total. The van der Waals surface area contributed by atoms with Crippen LogP contribution in [0.4, 0.5) is 18.9 Å². The molecule has 2 aliphatic rings. The van der Waals surface area contributed by atoms with Crippen LogP contribution in [0.1, 0.15) is 25.8 Å². The van der Waals surface area contributed by atoms with Crippen LogP contribution in [0, 0.1) is 5.92 Å². The molecule has 142 valence electrons. The maximum atomic E-state index is 12.9. The minimum atomic E-state index is -4.47. The van der Waals surface area contributed by atoms with E-state index in [0.29, 0.717) is 13.0 Å². The average molecular weight is 369 g/mol. The van der Waals surface area contributed by atoms with E-state index in [4.69, 9.17) is 0 Å². The van der Waals surface area contributed by atoms with Gasteiger partial charge in [-0.2, -0.15) is 13.2 Å². The molecule has 8 heteroatoms. The summed E-state index contributed by atoms with van der Waals surface area (Å²) in [5.74, 6) is -0.225. The minimum absolute atomic E-state index is 0.00891. The quantitative estimate of drug-likeness (QED) is 0.889. The van der Waals surface area contributed by atoms with Gasteiger partial charge in [0.1, 0.15) is 6.04 Å². The lowest BCUT2D eigenvalue weighted by molar-refractivity contribution is -0.138. The number of alkyl halides is 3. The molecule has 2 bridgehead atoms. The molecule has 1 aromatic rings. The van der Waals surface area contributed by atoms with Crippen LogP contribution >= 0.6 is 0 Å². The van der Waals surface area contributed by atoms with Crippen molar-refractivity contribution in [3.05, 3.63) is 29.8 Å². The van der Waals surface area contributed by atoms with Crippen molar-refractivity contribution >= 4 is 17.5 Å². The zero-order valence-corrected chi connectivity index (χ0v) is 14.9. The van der Waals surface area contributed by atoms with Crippen molar-refractivity contribution in [3.63, 3.8) is 0 Å². The third-order valence-corrected chi connectivity index (χ3v) is 5.44. The first kappa shape index (κ1) is 18.7. The summed E-state index contributed by atoms with van der Waals surface area (Å²) in [4.78, 5) is 28.1. The third kappa shape index (κ3) is 3.06. The Morgan fingerprint density at radius 3 is 2.62 bits per heavy atom. The smallest absolute Gasteiger partial charge is 0.336 e. The van der Waals surface area contributed by atoms with Gasteiger partial charge in [-0.1, -0.05) is 19.9 Å². The number of nitrogens with one attached hydrogen (secondary N) is 1. The van der Waals surface area contributed by atoms with Gasteiger partial charge in [0.25, 0.3) is 0 Å². The van der Waals surface area contributed by atoms with Crippen LogP contribution in [0.3, 0.4) is 0 Å². The zero-order chi connectivity index (χ0) is 19.2. The largest absolute Gasteiger partial charge is 0.416 e. The number of hydrogen-bond donors (Lipinski definition) is 1. The molecule has 0 saturated carbocycles. The Labute approximate surface area is 150 Å². The van der Waals surface area contributed by atoms with E-state index in [0.717, 1.165) is 12.1 Å². The van der Waals surface area contributed by atoms with Gasteiger partial charge in [-0.15, -0.1) is 0 Å². The summed E-state index contributed by atoms with van der Waals surface area (Å²) in [5.41, 5.74) is -0.623. The number of carbonyl (C=O) groups is 2. The molecule has 0 aliphatic carbocycles. The number of piperazine rings is 1. The van der Waals surface area contributed by atoms with Gasteiger partial charge < -0.3 is 9.80 Å². The van der Waals surface area contributed by atoms with Crippen LogP contribution in [0.5, 0.6) is 0 Å². The summed E-state index contributed by atoms with van der Waals surface area (Å²) in [6.07, 6.45) is -4.11. The highest BCUT2D eigenvalue weighted by molar-refractivity contribution is 5.98. The van der Waals surface area contributed by atoms with Crippen molar-refractivity contribution in [2.24, 2.45) is 5.92 Å². The number of benzene rings is 1. The van der Waals surface area contributed by atoms with Crippen molar-refractivity contribution in [3.8, 4) is 0 Å². The SMILES string of the molecule is CCC(=O)N1CC2N[C@@H](C(=O)N(C)c3cccc(C(F)(F)F)c3)C1[C@@H]2C.